The van der Waals surface area contributed by atoms with E-state index in [0.717, 1.165) is 24.1 Å². The fourth-order valence-corrected chi connectivity index (χ4v) is 2.51. The average molecular weight is 243 g/mol. The van der Waals surface area contributed by atoms with Gasteiger partial charge in [-0.25, -0.2) is 4.98 Å². The fourth-order valence-electron chi connectivity index (χ4n) is 1.84. The van der Waals surface area contributed by atoms with Gasteiger partial charge in [0.2, 0.25) is 0 Å². The van der Waals surface area contributed by atoms with Crippen LogP contribution < -0.4 is 5.32 Å². The van der Waals surface area contributed by atoms with E-state index < -0.39 is 0 Å². The molecule has 2 aromatic heterocycles. The maximum absolute atomic E-state index is 4.21. The van der Waals surface area contributed by atoms with Crippen LogP contribution in [0.4, 0.5) is 0 Å². The highest BCUT2D eigenvalue weighted by atomic mass is 32.1. The number of hydrogen-bond acceptors (Lipinski definition) is 3. The molecule has 0 bridgehead atoms. The van der Waals surface area contributed by atoms with Gasteiger partial charge in [-0.3, -0.25) is 0 Å². The van der Waals surface area contributed by atoms with Gasteiger partial charge in [0.15, 0.2) is 0 Å². The van der Waals surface area contributed by atoms with Crippen molar-refractivity contribution in [2.24, 2.45) is 0 Å². The lowest BCUT2D eigenvalue weighted by Crippen LogP contribution is -2.11. The monoisotopic (exact) mass is 243 g/mol. The molecule has 0 aliphatic heterocycles. The molecular weight excluding hydrogens is 230 g/mol. The van der Waals surface area contributed by atoms with Gasteiger partial charge in [-0.05, 0) is 29.1 Å². The molecule has 0 fully saturated rings. The number of nitrogens with one attached hydrogen (secondary N) is 2. The molecule has 0 radical (unpaired) electrons. The van der Waals surface area contributed by atoms with Crippen LogP contribution in [-0.2, 0) is 13.1 Å². The van der Waals surface area contributed by atoms with Crippen molar-refractivity contribution in [2.45, 2.75) is 13.1 Å². The standard InChI is InChI=1S/C13H13N3S/c1-2-11(17-5-1)8-14-7-10-3-4-12-13(6-10)16-9-15-12/h1-6,9,14H,7-8H2,(H,15,16). The van der Waals surface area contributed by atoms with E-state index in [4.69, 9.17) is 0 Å². The number of H-pyrrole nitrogens is 1. The SMILES string of the molecule is c1csc(CNCc2ccc3nc[nH]c3c2)c1. The van der Waals surface area contributed by atoms with E-state index in [1.54, 1.807) is 17.7 Å². The molecule has 0 saturated carbocycles. The van der Waals surface area contributed by atoms with Crippen LogP contribution >= 0.6 is 11.3 Å². The Bertz CT molecular complexity index is 598. The number of benzene rings is 1. The number of aromatic nitrogens is 2. The molecule has 4 heteroatoms. The van der Waals surface area contributed by atoms with Gasteiger partial charge in [-0.1, -0.05) is 12.1 Å². The average Bonchev–Trinajstić information content (AvgIpc) is 2.98. The normalized spacial score (nSPS) is 11.1. The second-order valence-electron chi connectivity index (χ2n) is 3.94. The van der Waals surface area contributed by atoms with Gasteiger partial charge < -0.3 is 10.3 Å². The molecule has 1 aromatic carbocycles. The molecule has 3 rings (SSSR count). The lowest BCUT2D eigenvalue weighted by Gasteiger charge is -2.03. The number of aromatic amines is 1. The molecule has 0 aliphatic rings. The lowest BCUT2D eigenvalue weighted by atomic mass is 10.2. The summed E-state index contributed by atoms with van der Waals surface area (Å²) in [5.74, 6) is 0. The molecule has 3 nitrogen and oxygen atoms in total. The molecule has 0 atom stereocenters. The summed E-state index contributed by atoms with van der Waals surface area (Å²) in [4.78, 5) is 8.70. The molecule has 2 heterocycles. The predicted octanol–water partition coefficient (Wildman–Crippen LogP) is 2.91. The molecule has 2 N–H and O–H groups in total. The fraction of sp³-hybridized carbons (Fsp3) is 0.154. The Morgan fingerprint density at radius 3 is 3.12 bits per heavy atom. The van der Waals surface area contributed by atoms with E-state index in [-0.39, 0.29) is 0 Å². The minimum absolute atomic E-state index is 0.882. The number of hydrogen-bond donors (Lipinski definition) is 2. The molecule has 17 heavy (non-hydrogen) atoms. The Morgan fingerprint density at radius 1 is 1.24 bits per heavy atom. The zero-order valence-electron chi connectivity index (χ0n) is 9.31. The van der Waals surface area contributed by atoms with Gasteiger partial charge in [0.25, 0.3) is 0 Å². The van der Waals surface area contributed by atoms with Gasteiger partial charge in [0.05, 0.1) is 17.4 Å². The largest absolute Gasteiger partial charge is 0.345 e. The highest BCUT2D eigenvalue weighted by molar-refractivity contribution is 7.09. The molecule has 0 amide bonds. The van der Waals surface area contributed by atoms with Crippen LogP contribution in [0.5, 0.6) is 0 Å². The molecule has 3 aromatic rings. The summed E-state index contributed by atoms with van der Waals surface area (Å²) in [5, 5.41) is 5.54. The summed E-state index contributed by atoms with van der Waals surface area (Å²) in [5.41, 5.74) is 3.39. The van der Waals surface area contributed by atoms with E-state index >= 15 is 0 Å². The number of thiophene rings is 1. The van der Waals surface area contributed by atoms with E-state index in [2.05, 4.69) is 44.9 Å². The number of rotatable bonds is 4. The Balaban J connectivity index is 1.64. The Morgan fingerprint density at radius 2 is 2.24 bits per heavy atom. The van der Waals surface area contributed by atoms with Crippen LogP contribution in [0.3, 0.4) is 0 Å². The Labute approximate surface area is 104 Å². The third kappa shape index (κ3) is 2.38. The maximum atomic E-state index is 4.21. The van der Waals surface area contributed by atoms with E-state index in [9.17, 15) is 0 Å². The first-order chi connectivity index (χ1) is 8.42. The number of nitrogens with zero attached hydrogens (tertiary/aromatic N) is 1. The van der Waals surface area contributed by atoms with Crippen molar-refractivity contribution in [1.29, 1.82) is 0 Å². The molecular formula is C13H13N3S. The van der Waals surface area contributed by atoms with Gasteiger partial charge >= 0.3 is 0 Å². The first-order valence-electron chi connectivity index (χ1n) is 5.57. The summed E-state index contributed by atoms with van der Waals surface area (Å²) >= 11 is 1.78. The molecule has 0 spiro atoms. The van der Waals surface area contributed by atoms with Crippen LogP contribution in [0.2, 0.25) is 0 Å². The number of imidazole rings is 1. The molecule has 0 saturated heterocycles. The van der Waals surface area contributed by atoms with Crippen LogP contribution in [0.25, 0.3) is 11.0 Å². The summed E-state index contributed by atoms with van der Waals surface area (Å²) in [6, 6.07) is 10.5. The zero-order valence-corrected chi connectivity index (χ0v) is 10.1. The van der Waals surface area contributed by atoms with Crippen molar-refractivity contribution in [1.82, 2.24) is 15.3 Å². The Kier molecular flexibility index (Phi) is 2.90. The van der Waals surface area contributed by atoms with Gasteiger partial charge in [-0.15, -0.1) is 11.3 Å². The van der Waals surface area contributed by atoms with Gasteiger partial charge in [-0.2, -0.15) is 0 Å². The van der Waals surface area contributed by atoms with E-state index in [1.807, 2.05) is 6.07 Å². The lowest BCUT2D eigenvalue weighted by molar-refractivity contribution is 0.701. The first-order valence-corrected chi connectivity index (χ1v) is 6.45. The number of fused-ring (bicyclic) bond motifs is 1. The summed E-state index contributed by atoms with van der Waals surface area (Å²) in [6.07, 6.45) is 1.73. The van der Waals surface area contributed by atoms with Crippen molar-refractivity contribution in [3.63, 3.8) is 0 Å². The second-order valence-corrected chi connectivity index (χ2v) is 4.97. The smallest absolute Gasteiger partial charge is 0.0931 e. The van der Waals surface area contributed by atoms with Crippen molar-refractivity contribution >= 4 is 22.4 Å². The quantitative estimate of drug-likeness (QED) is 0.739. The molecule has 0 unspecified atom stereocenters. The second kappa shape index (κ2) is 4.69. The highest BCUT2D eigenvalue weighted by Crippen LogP contribution is 2.12. The third-order valence-corrected chi connectivity index (χ3v) is 3.57. The maximum Gasteiger partial charge on any atom is 0.0931 e. The van der Waals surface area contributed by atoms with Crippen LogP contribution in [0, 0.1) is 0 Å². The highest BCUT2D eigenvalue weighted by Gasteiger charge is 1.98. The summed E-state index contributed by atoms with van der Waals surface area (Å²) < 4.78 is 0. The predicted molar refractivity (Wildman–Crippen MR) is 71.0 cm³/mol. The van der Waals surface area contributed by atoms with Crippen LogP contribution in [0.1, 0.15) is 10.4 Å². The molecule has 0 aliphatic carbocycles. The minimum Gasteiger partial charge on any atom is -0.345 e. The zero-order chi connectivity index (χ0) is 11.5. The van der Waals surface area contributed by atoms with Crippen molar-refractivity contribution in [3.05, 3.63) is 52.5 Å². The summed E-state index contributed by atoms with van der Waals surface area (Å²) in [6.45, 7) is 1.81. The Hall–Kier alpha value is -1.65. The minimum atomic E-state index is 0.882. The van der Waals surface area contributed by atoms with Crippen molar-refractivity contribution < 1.29 is 0 Å². The van der Waals surface area contributed by atoms with E-state index in [0.29, 0.717) is 0 Å². The van der Waals surface area contributed by atoms with Gasteiger partial charge in [0, 0.05) is 18.0 Å². The first kappa shape index (κ1) is 10.5. The van der Waals surface area contributed by atoms with E-state index in [1.165, 1.54) is 10.4 Å². The molecule has 86 valence electrons. The van der Waals surface area contributed by atoms with Gasteiger partial charge in [0.1, 0.15) is 0 Å². The summed E-state index contributed by atoms with van der Waals surface area (Å²) in [7, 11) is 0. The van der Waals surface area contributed by atoms with Crippen LogP contribution in [-0.4, -0.2) is 9.97 Å². The topological polar surface area (TPSA) is 40.7 Å². The van der Waals surface area contributed by atoms with Crippen molar-refractivity contribution in [2.75, 3.05) is 0 Å². The van der Waals surface area contributed by atoms with Crippen molar-refractivity contribution in [3.8, 4) is 0 Å². The third-order valence-electron chi connectivity index (χ3n) is 2.69. The van der Waals surface area contributed by atoms with Crippen LogP contribution in [0.15, 0.2) is 42.0 Å².